The van der Waals surface area contributed by atoms with E-state index in [1.807, 2.05) is 44.2 Å². The monoisotopic (exact) mass is 414 g/mol. The van der Waals surface area contributed by atoms with Gasteiger partial charge in [-0.15, -0.1) is 12.4 Å². The second kappa shape index (κ2) is 10.8. The first-order chi connectivity index (χ1) is 11.8. The molecule has 1 aromatic heterocycles. The quantitative estimate of drug-likeness (QED) is 0.518. The average Bonchev–Trinajstić information content (AvgIpc) is 2.52. The molecular formula is C20H25Cl3N2O. The van der Waals surface area contributed by atoms with E-state index in [-0.39, 0.29) is 12.4 Å². The van der Waals surface area contributed by atoms with Crippen LogP contribution in [0.4, 0.5) is 0 Å². The van der Waals surface area contributed by atoms with Crippen molar-refractivity contribution in [1.82, 2.24) is 9.88 Å². The van der Waals surface area contributed by atoms with Crippen LogP contribution in [-0.4, -0.2) is 37.1 Å². The lowest BCUT2D eigenvalue weighted by Crippen LogP contribution is -2.15. The molecule has 0 spiro atoms. The van der Waals surface area contributed by atoms with Crippen LogP contribution in [0.25, 0.3) is 11.6 Å². The topological polar surface area (TPSA) is 25.4 Å². The van der Waals surface area contributed by atoms with Gasteiger partial charge in [-0.05, 0) is 81.9 Å². The van der Waals surface area contributed by atoms with E-state index in [4.69, 9.17) is 27.9 Å². The van der Waals surface area contributed by atoms with E-state index in [0.717, 1.165) is 41.2 Å². The Bertz CT molecular complexity index is 740. The first-order valence-electron chi connectivity index (χ1n) is 8.25. The summed E-state index contributed by atoms with van der Waals surface area (Å²) in [6.07, 6.45) is 2.98. The molecule has 0 atom stereocenters. The third kappa shape index (κ3) is 7.16. The molecule has 1 aromatic carbocycles. The zero-order chi connectivity index (χ0) is 18.4. The highest BCUT2D eigenvalue weighted by Gasteiger charge is 2.07. The van der Waals surface area contributed by atoms with E-state index in [2.05, 4.69) is 24.0 Å². The predicted molar refractivity (Wildman–Crippen MR) is 115 cm³/mol. The summed E-state index contributed by atoms with van der Waals surface area (Å²) >= 11 is 12.2. The molecule has 1 heterocycles. The number of hydrogen-bond donors (Lipinski definition) is 0. The Hall–Kier alpha value is -1.26. The zero-order valence-corrected chi connectivity index (χ0v) is 17.9. The fraction of sp³-hybridized carbons (Fsp3) is 0.350. The van der Waals surface area contributed by atoms with Gasteiger partial charge in [0.25, 0.3) is 0 Å². The van der Waals surface area contributed by atoms with Gasteiger partial charge in [0.2, 0.25) is 0 Å². The van der Waals surface area contributed by atoms with Crippen LogP contribution in [0.5, 0.6) is 5.75 Å². The summed E-state index contributed by atoms with van der Waals surface area (Å²) in [4.78, 5) is 6.76. The normalized spacial score (nSPS) is 11.4. The van der Waals surface area contributed by atoms with Gasteiger partial charge < -0.3 is 9.64 Å². The lowest BCUT2D eigenvalue weighted by molar-refractivity contribution is 0.280. The Morgan fingerprint density at radius 3 is 2.42 bits per heavy atom. The van der Waals surface area contributed by atoms with Crippen molar-refractivity contribution in [3.8, 4) is 5.75 Å². The second-order valence-electron chi connectivity index (χ2n) is 6.33. The summed E-state index contributed by atoms with van der Waals surface area (Å²) < 4.78 is 5.94. The summed E-state index contributed by atoms with van der Waals surface area (Å²) in [5.74, 6) is 0.789. The molecule has 0 fully saturated rings. The van der Waals surface area contributed by atoms with Crippen LogP contribution < -0.4 is 4.74 Å². The van der Waals surface area contributed by atoms with Gasteiger partial charge in [0.15, 0.2) is 0 Å². The number of hydrogen-bond acceptors (Lipinski definition) is 3. The van der Waals surface area contributed by atoms with Crippen molar-refractivity contribution in [2.45, 2.75) is 20.3 Å². The van der Waals surface area contributed by atoms with Gasteiger partial charge in [0.05, 0.1) is 6.61 Å². The largest absolute Gasteiger partial charge is 0.491 e. The molecule has 0 amide bonds. The van der Waals surface area contributed by atoms with Gasteiger partial charge in [0, 0.05) is 22.3 Å². The van der Waals surface area contributed by atoms with E-state index in [1.54, 1.807) is 6.07 Å². The van der Waals surface area contributed by atoms with Crippen LogP contribution in [-0.2, 0) is 0 Å². The van der Waals surface area contributed by atoms with Gasteiger partial charge in [0.1, 0.15) is 11.4 Å². The molecule has 0 aliphatic heterocycles. The van der Waals surface area contributed by atoms with Crippen LogP contribution in [0.15, 0.2) is 30.3 Å². The Morgan fingerprint density at radius 2 is 1.81 bits per heavy atom. The highest BCUT2D eigenvalue weighted by atomic mass is 35.5. The van der Waals surface area contributed by atoms with Crippen molar-refractivity contribution < 1.29 is 4.74 Å². The molecule has 0 radical (unpaired) electrons. The summed E-state index contributed by atoms with van der Waals surface area (Å²) in [6.45, 7) is 5.64. The van der Waals surface area contributed by atoms with E-state index < -0.39 is 0 Å². The van der Waals surface area contributed by atoms with Crippen molar-refractivity contribution in [3.05, 3.63) is 57.3 Å². The van der Waals surface area contributed by atoms with Crippen molar-refractivity contribution in [3.63, 3.8) is 0 Å². The molecule has 0 aliphatic carbocycles. The molecule has 2 rings (SSSR count). The standard InChI is InChI=1S/C20H24Cl2N2O.ClH/c1-14(16-11-17(21)13-18(22)12-16)10-19-20(7-6-15(2)23-19)25-9-5-8-24(3)4;/h6-7,10-13H,5,8-9H2,1-4H3;1H. The molecule has 6 heteroatoms. The van der Waals surface area contributed by atoms with Crippen LogP contribution in [0.2, 0.25) is 10.0 Å². The Labute approximate surface area is 172 Å². The first-order valence-corrected chi connectivity index (χ1v) is 9.00. The van der Waals surface area contributed by atoms with Crippen molar-refractivity contribution in [2.75, 3.05) is 27.2 Å². The highest BCUT2D eigenvalue weighted by Crippen LogP contribution is 2.27. The molecule has 0 bridgehead atoms. The summed E-state index contributed by atoms with van der Waals surface area (Å²) in [5.41, 5.74) is 3.77. The van der Waals surface area contributed by atoms with E-state index in [9.17, 15) is 0 Å². The molecule has 0 N–H and O–H groups in total. The number of ether oxygens (including phenoxy) is 1. The molecular weight excluding hydrogens is 391 g/mol. The molecule has 0 unspecified atom stereocenters. The van der Waals surface area contributed by atoms with Gasteiger partial charge >= 0.3 is 0 Å². The fourth-order valence-electron chi connectivity index (χ4n) is 2.42. The lowest BCUT2D eigenvalue weighted by Gasteiger charge is -2.12. The van der Waals surface area contributed by atoms with Gasteiger partial charge in [-0.25, -0.2) is 4.98 Å². The lowest BCUT2D eigenvalue weighted by atomic mass is 10.1. The smallest absolute Gasteiger partial charge is 0.144 e. The molecule has 0 saturated heterocycles. The number of allylic oxidation sites excluding steroid dienone is 1. The number of rotatable bonds is 7. The maximum absolute atomic E-state index is 6.11. The van der Waals surface area contributed by atoms with Gasteiger partial charge in [-0.2, -0.15) is 0 Å². The number of aryl methyl sites for hydroxylation is 1. The molecule has 2 aromatic rings. The summed E-state index contributed by atoms with van der Waals surface area (Å²) in [5, 5.41) is 1.24. The predicted octanol–water partition coefficient (Wildman–Crippen LogP) is 6.01. The minimum atomic E-state index is 0. The summed E-state index contributed by atoms with van der Waals surface area (Å²) in [7, 11) is 4.11. The van der Waals surface area contributed by atoms with Gasteiger partial charge in [-0.3, -0.25) is 0 Å². The fourth-order valence-corrected chi connectivity index (χ4v) is 2.95. The molecule has 3 nitrogen and oxygen atoms in total. The Kier molecular flexibility index (Phi) is 9.45. The van der Waals surface area contributed by atoms with Crippen molar-refractivity contribution >= 4 is 47.3 Å². The zero-order valence-electron chi connectivity index (χ0n) is 15.6. The molecule has 26 heavy (non-hydrogen) atoms. The molecule has 142 valence electrons. The maximum Gasteiger partial charge on any atom is 0.144 e. The summed E-state index contributed by atoms with van der Waals surface area (Å²) in [6, 6.07) is 9.45. The number of pyridine rings is 1. The van der Waals surface area contributed by atoms with Crippen molar-refractivity contribution in [1.29, 1.82) is 0 Å². The van der Waals surface area contributed by atoms with Crippen LogP contribution in [0.3, 0.4) is 0 Å². The number of halogens is 3. The molecule has 0 saturated carbocycles. The Balaban J connectivity index is 0.00000338. The average molecular weight is 416 g/mol. The van der Waals surface area contributed by atoms with Gasteiger partial charge in [-0.1, -0.05) is 23.2 Å². The number of nitrogens with zero attached hydrogens (tertiary/aromatic N) is 2. The third-order valence-corrected chi connectivity index (χ3v) is 4.14. The highest BCUT2D eigenvalue weighted by molar-refractivity contribution is 6.34. The van der Waals surface area contributed by atoms with Crippen LogP contribution in [0.1, 0.15) is 30.3 Å². The third-order valence-electron chi connectivity index (χ3n) is 3.70. The van der Waals surface area contributed by atoms with Crippen LogP contribution in [0, 0.1) is 6.92 Å². The minimum absolute atomic E-state index is 0. The molecule has 0 aliphatic rings. The van der Waals surface area contributed by atoms with E-state index >= 15 is 0 Å². The number of benzene rings is 1. The van der Waals surface area contributed by atoms with Crippen LogP contribution >= 0.6 is 35.6 Å². The SMILES string of the molecule is CC(=Cc1nc(C)ccc1OCCCN(C)C)c1cc(Cl)cc(Cl)c1.Cl. The maximum atomic E-state index is 6.11. The second-order valence-corrected chi connectivity index (χ2v) is 7.20. The van der Waals surface area contributed by atoms with Crippen molar-refractivity contribution in [2.24, 2.45) is 0 Å². The van der Waals surface area contributed by atoms with E-state index in [0.29, 0.717) is 16.7 Å². The first kappa shape index (κ1) is 22.8. The minimum Gasteiger partial charge on any atom is -0.491 e. The Morgan fingerprint density at radius 1 is 1.15 bits per heavy atom. The number of aromatic nitrogens is 1. The van der Waals surface area contributed by atoms with E-state index in [1.165, 1.54) is 0 Å².